The number of hydrogen-bond acceptors (Lipinski definition) is 3. The van der Waals surface area contributed by atoms with Crippen molar-refractivity contribution in [2.75, 3.05) is 16.4 Å². The largest absolute Gasteiger partial charge is 0.498 e. The van der Waals surface area contributed by atoms with E-state index < -0.39 is 0 Å². The summed E-state index contributed by atoms with van der Waals surface area (Å²) in [4.78, 5) is 5.05. The summed E-state index contributed by atoms with van der Waals surface area (Å²) in [6.07, 6.45) is 28.2. The van der Waals surface area contributed by atoms with Crippen LogP contribution >= 0.6 is 0 Å². The zero-order valence-corrected chi connectivity index (χ0v) is 46.8. The molecule has 0 fully saturated rings. The zero-order valence-electron chi connectivity index (χ0n) is 46.8. The van der Waals surface area contributed by atoms with Crippen LogP contribution in [0.3, 0.4) is 0 Å². The van der Waals surface area contributed by atoms with E-state index >= 15 is 0 Å². The van der Waals surface area contributed by atoms with Crippen molar-refractivity contribution in [3.8, 4) is 22.3 Å². The minimum Gasteiger partial charge on any atom is -0.498 e. The van der Waals surface area contributed by atoms with Gasteiger partial charge in [-0.05, 0) is 190 Å². The van der Waals surface area contributed by atoms with Gasteiger partial charge in [0.05, 0.1) is 12.4 Å². The normalized spacial score (nSPS) is 19.0. The van der Waals surface area contributed by atoms with Crippen molar-refractivity contribution in [2.24, 2.45) is 5.92 Å². The lowest BCUT2D eigenvalue weighted by atomic mass is 9.69. The Morgan fingerprint density at radius 1 is 0.630 bits per heavy atom. The van der Waals surface area contributed by atoms with Gasteiger partial charge >= 0.3 is 0 Å². The van der Waals surface area contributed by atoms with Crippen LogP contribution in [0.15, 0.2) is 261 Å². The summed E-state index contributed by atoms with van der Waals surface area (Å²) >= 11 is 0. The Bertz CT molecular complexity index is 3760. The van der Waals surface area contributed by atoms with E-state index in [-0.39, 0.29) is 5.41 Å². The van der Waals surface area contributed by atoms with Crippen LogP contribution in [-0.2, 0) is 10.2 Å². The standard InChI is InChI=1S/C78H72N2O/c1-4-56-28-32-58(33-29-56)59-38-45-69(46-39-59)81-54-55(3)19-17-18-50-78(64-20-9-6-10-21-64)74-27-16-15-26-70(74)71-47-44-68(53-75(71)78)79(65-22-11-7-12-23-65)67-42-36-61(37-43-67)63-41-49-77-73(52-63)72-51-62(60-34-30-57(5-2)31-35-60)40-48-76(72)80(77)66-24-13-8-14-25-66/h4-13,15-16,20-24,26-38,41-45,47-49,52-53,55,62,72H,1-2,14,17-19,25,39-40,46,50-51,54H2,3H3. The van der Waals surface area contributed by atoms with Crippen LogP contribution in [0.25, 0.3) is 40.0 Å². The van der Waals surface area contributed by atoms with Gasteiger partial charge in [-0.15, -0.1) is 0 Å². The summed E-state index contributed by atoms with van der Waals surface area (Å²) in [6.45, 7) is 11.0. The van der Waals surface area contributed by atoms with Crippen LogP contribution in [0.2, 0.25) is 0 Å². The van der Waals surface area contributed by atoms with Crippen LogP contribution in [0.5, 0.6) is 0 Å². The van der Waals surface area contributed by atoms with Gasteiger partial charge in [-0.2, -0.15) is 0 Å². The van der Waals surface area contributed by atoms with E-state index in [0.717, 1.165) is 99.2 Å². The summed E-state index contributed by atoms with van der Waals surface area (Å²) in [5.74, 6) is 2.35. The molecule has 3 nitrogen and oxygen atoms in total. The van der Waals surface area contributed by atoms with E-state index in [1.54, 1.807) is 0 Å². The maximum absolute atomic E-state index is 6.48. The van der Waals surface area contributed by atoms with Crippen LogP contribution in [-0.4, -0.2) is 6.61 Å². The first-order valence-electron chi connectivity index (χ1n) is 29.7. The third-order valence-electron chi connectivity index (χ3n) is 18.1. The number of para-hydroxylation sites is 1. The highest BCUT2D eigenvalue weighted by Gasteiger charge is 2.45. The maximum atomic E-state index is 6.48. The number of rotatable bonds is 18. The molecule has 0 N–H and O–H groups in total. The molecular formula is C78H72N2O. The molecule has 8 aromatic rings. The first-order valence-corrected chi connectivity index (χ1v) is 29.7. The highest BCUT2D eigenvalue weighted by molar-refractivity contribution is 5.88. The Morgan fingerprint density at radius 2 is 1.32 bits per heavy atom. The Morgan fingerprint density at radius 3 is 2.06 bits per heavy atom. The number of fused-ring (bicyclic) bond motifs is 6. The second-order valence-electron chi connectivity index (χ2n) is 23.0. The molecule has 0 radical (unpaired) electrons. The number of benzene rings is 8. The summed E-state index contributed by atoms with van der Waals surface area (Å²) in [7, 11) is 0. The molecule has 1 heterocycles. The van der Waals surface area contributed by atoms with E-state index in [1.807, 2.05) is 12.2 Å². The van der Waals surface area contributed by atoms with Crippen LogP contribution in [0.1, 0.15) is 127 Å². The van der Waals surface area contributed by atoms with Crippen molar-refractivity contribution in [2.45, 2.75) is 88.4 Å². The Hall–Kier alpha value is -8.66. The predicted octanol–water partition coefficient (Wildman–Crippen LogP) is 21.0. The second kappa shape index (κ2) is 22.8. The number of hydrogen-bond donors (Lipinski definition) is 0. The molecule has 13 rings (SSSR count). The Balaban J connectivity index is 0.778. The van der Waals surface area contributed by atoms with Crippen molar-refractivity contribution in [3.05, 3.63) is 305 Å². The van der Waals surface area contributed by atoms with Gasteiger partial charge in [0.1, 0.15) is 0 Å². The van der Waals surface area contributed by atoms with Crippen molar-refractivity contribution in [1.82, 2.24) is 0 Å². The molecule has 5 aliphatic rings. The van der Waals surface area contributed by atoms with E-state index in [0.29, 0.717) is 17.8 Å². The number of anilines is 4. The molecule has 4 aliphatic carbocycles. The summed E-state index contributed by atoms with van der Waals surface area (Å²) < 4.78 is 6.48. The van der Waals surface area contributed by atoms with Gasteiger partial charge in [0.15, 0.2) is 0 Å². The highest BCUT2D eigenvalue weighted by atomic mass is 16.5. The monoisotopic (exact) mass is 1050 g/mol. The average molecular weight is 1050 g/mol. The van der Waals surface area contributed by atoms with Crippen LogP contribution < -0.4 is 9.80 Å². The summed E-state index contributed by atoms with van der Waals surface area (Å²) in [5.41, 5.74) is 24.4. The van der Waals surface area contributed by atoms with Gasteiger partial charge in [-0.3, -0.25) is 0 Å². The van der Waals surface area contributed by atoms with Gasteiger partial charge in [-0.1, -0.05) is 215 Å². The second-order valence-corrected chi connectivity index (χ2v) is 23.0. The first kappa shape index (κ1) is 51.8. The third kappa shape index (κ3) is 10.1. The van der Waals surface area contributed by atoms with Crippen molar-refractivity contribution < 1.29 is 4.74 Å². The predicted molar refractivity (Wildman–Crippen MR) is 342 cm³/mol. The third-order valence-corrected chi connectivity index (χ3v) is 18.1. The quantitative estimate of drug-likeness (QED) is 0.0797. The number of ether oxygens (including phenoxy) is 1. The Kier molecular flexibility index (Phi) is 14.6. The maximum Gasteiger partial charge on any atom is 0.0963 e. The molecule has 81 heavy (non-hydrogen) atoms. The lowest BCUT2D eigenvalue weighted by Gasteiger charge is -2.34. The molecule has 0 amide bonds. The molecule has 1 aliphatic heterocycles. The molecular weight excluding hydrogens is 981 g/mol. The van der Waals surface area contributed by atoms with Crippen molar-refractivity contribution >= 4 is 40.5 Å². The fourth-order valence-electron chi connectivity index (χ4n) is 13.9. The van der Waals surface area contributed by atoms with Gasteiger partial charge in [-0.25, -0.2) is 0 Å². The minimum atomic E-state index is -0.310. The molecule has 400 valence electrons. The molecule has 0 saturated heterocycles. The van der Waals surface area contributed by atoms with Crippen LogP contribution in [0.4, 0.5) is 22.7 Å². The molecule has 0 aromatic heterocycles. The molecule has 0 spiro atoms. The number of nitrogens with zero attached hydrogens (tertiary/aromatic N) is 2. The van der Waals surface area contributed by atoms with Gasteiger partial charge in [0.2, 0.25) is 0 Å². The summed E-state index contributed by atoms with van der Waals surface area (Å²) in [5, 5.41) is 0. The van der Waals surface area contributed by atoms with Crippen molar-refractivity contribution in [3.63, 3.8) is 0 Å². The van der Waals surface area contributed by atoms with Gasteiger partial charge < -0.3 is 14.5 Å². The molecule has 0 saturated carbocycles. The van der Waals surface area contributed by atoms with Gasteiger partial charge in [0, 0.05) is 51.9 Å². The number of allylic oxidation sites excluding steroid dienone is 10. The molecule has 0 bridgehead atoms. The molecule has 4 unspecified atom stereocenters. The van der Waals surface area contributed by atoms with Gasteiger partial charge in [0.25, 0.3) is 0 Å². The summed E-state index contributed by atoms with van der Waals surface area (Å²) in [6, 6.07) is 73.0. The SMILES string of the molecule is C=Cc1ccc(C2=CC=C(OCC(C)CCCCC3(c4ccccc4)c4ccccc4-c4ccc(N(c5ccccc5)c5ccc(-c6ccc7c(c6)C6CC(c8ccc(C=C)cc8)CC=C6N7C6=CC=CCC6)cc5)cc43)CC2)cc1. The Labute approximate surface area is 481 Å². The molecule has 4 atom stereocenters. The average Bonchev–Trinajstić information content (AvgIpc) is 4.20. The fraction of sp³-hybridized carbons (Fsp3) is 0.205. The lowest BCUT2D eigenvalue weighted by molar-refractivity contribution is 0.158. The van der Waals surface area contributed by atoms with Crippen LogP contribution in [0, 0.1) is 5.92 Å². The highest BCUT2D eigenvalue weighted by Crippen LogP contribution is 2.57. The fourth-order valence-corrected chi connectivity index (χ4v) is 13.9. The minimum absolute atomic E-state index is 0.310. The molecule has 3 heteroatoms. The van der Waals surface area contributed by atoms with E-state index in [9.17, 15) is 0 Å². The first-order chi connectivity index (χ1) is 39.9. The van der Waals surface area contributed by atoms with E-state index in [1.165, 1.54) is 83.9 Å². The van der Waals surface area contributed by atoms with Crippen molar-refractivity contribution in [1.29, 1.82) is 0 Å². The molecule has 8 aromatic carbocycles. The number of unbranched alkanes of at least 4 members (excludes halogenated alkanes) is 1. The smallest absolute Gasteiger partial charge is 0.0963 e. The van der Waals surface area contributed by atoms with E-state index in [4.69, 9.17) is 4.74 Å². The topological polar surface area (TPSA) is 15.7 Å². The lowest BCUT2D eigenvalue weighted by Crippen LogP contribution is -2.27. The zero-order chi connectivity index (χ0) is 54.7. The van der Waals surface area contributed by atoms with E-state index in [2.05, 4.69) is 260 Å².